The molecule has 32 heavy (non-hydrogen) atoms. The molecule has 0 atom stereocenters. The van der Waals surface area contributed by atoms with Crippen molar-refractivity contribution in [1.82, 2.24) is 20.2 Å². The van der Waals surface area contributed by atoms with Gasteiger partial charge in [-0.2, -0.15) is 0 Å². The molecule has 1 aromatic heterocycles. The van der Waals surface area contributed by atoms with Gasteiger partial charge in [-0.25, -0.2) is 9.97 Å². The molecule has 2 amide bonds. The summed E-state index contributed by atoms with van der Waals surface area (Å²) < 4.78 is 0. The lowest BCUT2D eigenvalue weighted by molar-refractivity contribution is -0.118. The lowest BCUT2D eigenvalue weighted by Crippen LogP contribution is -2.49. The van der Waals surface area contributed by atoms with E-state index in [9.17, 15) is 9.59 Å². The van der Waals surface area contributed by atoms with E-state index in [1.54, 1.807) is 18.5 Å². The lowest BCUT2D eigenvalue weighted by atomic mass is 9.89. The van der Waals surface area contributed by atoms with E-state index < -0.39 is 0 Å². The first-order valence-electron chi connectivity index (χ1n) is 11.5. The zero-order valence-corrected chi connectivity index (χ0v) is 19.2. The molecule has 2 aliphatic rings. The van der Waals surface area contributed by atoms with Crippen LogP contribution in [0.15, 0.2) is 47.6 Å². The van der Waals surface area contributed by atoms with Crippen LogP contribution >= 0.6 is 11.8 Å². The van der Waals surface area contributed by atoms with Gasteiger partial charge in [0.25, 0.3) is 5.91 Å². The summed E-state index contributed by atoms with van der Waals surface area (Å²) in [5.41, 5.74) is 0.669. The third-order valence-corrected chi connectivity index (χ3v) is 7.26. The van der Waals surface area contributed by atoms with Crippen molar-refractivity contribution < 1.29 is 9.59 Å². The van der Waals surface area contributed by atoms with Crippen molar-refractivity contribution in [2.24, 2.45) is 5.92 Å². The Hall–Kier alpha value is -2.61. The first-order chi connectivity index (χ1) is 15.7. The van der Waals surface area contributed by atoms with Crippen LogP contribution < -0.4 is 10.2 Å². The molecule has 2 heterocycles. The van der Waals surface area contributed by atoms with Gasteiger partial charge in [-0.1, -0.05) is 31.4 Å². The van der Waals surface area contributed by atoms with Crippen molar-refractivity contribution in [3.8, 4) is 0 Å². The third kappa shape index (κ3) is 6.00. The summed E-state index contributed by atoms with van der Waals surface area (Å²) in [6.07, 6.45) is 9.77. The minimum Gasteiger partial charge on any atom is -0.355 e. The van der Waals surface area contributed by atoms with Gasteiger partial charge in [0.2, 0.25) is 11.9 Å². The molecular weight excluding hydrogens is 422 g/mol. The maximum atomic E-state index is 13.2. The van der Waals surface area contributed by atoms with Crippen LogP contribution in [0.1, 0.15) is 42.5 Å². The second kappa shape index (κ2) is 11.3. The minimum atomic E-state index is 0.0179. The molecule has 2 aromatic rings. The number of rotatable bonds is 7. The van der Waals surface area contributed by atoms with Gasteiger partial charge in [0, 0.05) is 50.0 Å². The highest BCUT2D eigenvalue weighted by Crippen LogP contribution is 2.25. The average Bonchev–Trinajstić information content (AvgIpc) is 2.87. The number of benzene rings is 1. The summed E-state index contributed by atoms with van der Waals surface area (Å²) in [7, 11) is 0. The number of thioether (sulfide) groups is 1. The Kier molecular flexibility index (Phi) is 7.98. The number of nitrogens with zero attached hydrogens (tertiary/aromatic N) is 4. The smallest absolute Gasteiger partial charge is 0.255 e. The summed E-state index contributed by atoms with van der Waals surface area (Å²) in [4.78, 5) is 39.0. The van der Waals surface area contributed by atoms with E-state index in [0.717, 1.165) is 11.4 Å². The molecule has 4 rings (SSSR count). The zero-order chi connectivity index (χ0) is 22.2. The highest BCUT2D eigenvalue weighted by molar-refractivity contribution is 8.00. The predicted molar refractivity (Wildman–Crippen MR) is 127 cm³/mol. The molecule has 1 aliphatic heterocycles. The Morgan fingerprint density at radius 2 is 1.69 bits per heavy atom. The van der Waals surface area contributed by atoms with Gasteiger partial charge in [-0.05, 0) is 37.0 Å². The summed E-state index contributed by atoms with van der Waals surface area (Å²) in [5, 5.41) is 3.08. The van der Waals surface area contributed by atoms with Crippen LogP contribution in [-0.2, 0) is 4.79 Å². The molecule has 0 bridgehead atoms. The number of carbonyl (C=O) groups excluding carboxylic acids is 2. The Balaban J connectivity index is 1.29. The number of hydrogen-bond acceptors (Lipinski definition) is 6. The Labute approximate surface area is 194 Å². The van der Waals surface area contributed by atoms with Crippen molar-refractivity contribution in [2.75, 3.05) is 43.4 Å². The van der Waals surface area contributed by atoms with Gasteiger partial charge < -0.3 is 15.1 Å². The van der Waals surface area contributed by atoms with E-state index in [-0.39, 0.29) is 11.8 Å². The molecule has 1 N–H and O–H groups in total. The van der Waals surface area contributed by atoms with Crippen molar-refractivity contribution in [1.29, 1.82) is 0 Å². The van der Waals surface area contributed by atoms with Crippen LogP contribution in [0.4, 0.5) is 5.95 Å². The standard InChI is InChI=1S/C24H31N5O2S/c30-22(27-17-19-7-2-1-3-8-19)18-32-21-10-5-4-9-20(21)23(31)28-13-15-29(16-14-28)24-25-11-6-12-26-24/h4-6,9-12,19H,1-3,7-8,13-18H2,(H,27,30). The van der Waals surface area contributed by atoms with E-state index in [1.807, 2.05) is 29.2 Å². The number of amides is 2. The SMILES string of the molecule is O=C(CSc1ccccc1C(=O)N1CCN(c2ncccn2)CC1)NCC1CCCCC1. The van der Waals surface area contributed by atoms with Gasteiger partial charge >= 0.3 is 0 Å². The number of nitrogens with one attached hydrogen (secondary N) is 1. The summed E-state index contributed by atoms with van der Waals surface area (Å²) in [6.45, 7) is 3.43. The fourth-order valence-electron chi connectivity index (χ4n) is 4.35. The molecule has 1 aromatic carbocycles. The number of hydrogen-bond donors (Lipinski definition) is 1. The summed E-state index contributed by atoms with van der Waals surface area (Å²) in [5.74, 6) is 1.71. The molecule has 7 nitrogen and oxygen atoms in total. The number of anilines is 1. The molecule has 170 valence electrons. The van der Waals surface area contributed by atoms with Crippen LogP contribution in [0, 0.1) is 5.92 Å². The Bertz CT molecular complexity index is 896. The highest BCUT2D eigenvalue weighted by Gasteiger charge is 2.25. The molecule has 1 saturated carbocycles. The average molecular weight is 454 g/mol. The normalized spacial score (nSPS) is 17.2. The number of piperazine rings is 1. The first kappa shape index (κ1) is 22.6. The number of carbonyl (C=O) groups is 2. The quantitative estimate of drug-likeness (QED) is 0.649. The molecule has 0 radical (unpaired) electrons. The van der Waals surface area contributed by atoms with E-state index >= 15 is 0 Å². The van der Waals surface area contributed by atoms with Crippen molar-refractivity contribution in [2.45, 2.75) is 37.0 Å². The van der Waals surface area contributed by atoms with Crippen LogP contribution in [0.3, 0.4) is 0 Å². The fraction of sp³-hybridized carbons (Fsp3) is 0.500. The molecule has 1 saturated heterocycles. The molecule has 0 spiro atoms. The van der Waals surface area contributed by atoms with E-state index in [1.165, 1.54) is 43.9 Å². The van der Waals surface area contributed by atoms with E-state index in [2.05, 4.69) is 20.2 Å². The number of aromatic nitrogens is 2. The topological polar surface area (TPSA) is 78.4 Å². The van der Waals surface area contributed by atoms with Crippen LogP contribution in [0.25, 0.3) is 0 Å². The van der Waals surface area contributed by atoms with Crippen molar-refractivity contribution >= 4 is 29.5 Å². The second-order valence-electron chi connectivity index (χ2n) is 8.42. The van der Waals surface area contributed by atoms with E-state index in [0.29, 0.717) is 49.4 Å². The second-order valence-corrected chi connectivity index (χ2v) is 9.44. The molecule has 0 unspecified atom stereocenters. The molecule has 2 fully saturated rings. The largest absolute Gasteiger partial charge is 0.355 e. The van der Waals surface area contributed by atoms with Crippen LogP contribution in [0.5, 0.6) is 0 Å². The van der Waals surface area contributed by atoms with Gasteiger partial charge in [0.1, 0.15) is 0 Å². The van der Waals surface area contributed by atoms with Crippen molar-refractivity contribution in [3.05, 3.63) is 48.3 Å². The van der Waals surface area contributed by atoms with Gasteiger partial charge in [0.05, 0.1) is 11.3 Å². The zero-order valence-electron chi connectivity index (χ0n) is 18.4. The lowest BCUT2D eigenvalue weighted by Gasteiger charge is -2.35. The Morgan fingerprint density at radius 1 is 0.969 bits per heavy atom. The first-order valence-corrected chi connectivity index (χ1v) is 12.5. The predicted octanol–water partition coefficient (Wildman–Crippen LogP) is 3.23. The monoisotopic (exact) mass is 453 g/mol. The molecule has 1 aliphatic carbocycles. The van der Waals surface area contributed by atoms with Gasteiger partial charge in [0.15, 0.2) is 0 Å². The minimum absolute atomic E-state index is 0.0179. The summed E-state index contributed by atoms with van der Waals surface area (Å²) >= 11 is 1.44. The fourth-order valence-corrected chi connectivity index (χ4v) is 5.22. The van der Waals surface area contributed by atoms with Crippen LogP contribution in [-0.4, -0.2) is 65.2 Å². The highest BCUT2D eigenvalue weighted by atomic mass is 32.2. The summed E-state index contributed by atoms with van der Waals surface area (Å²) in [6, 6.07) is 9.39. The van der Waals surface area contributed by atoms with E-state index in [4.69, 9.17) is 0 Å². The van der Waals surface area contributed by atoms with Gasteiger partial charge in [-0.3, -0.25) is 9.59 Å². The third-order valence-electron chi connectivity index (χ3n) is 6.19. The van der Waals surface area contributed by atoms with Crippen LogP contribution in [0.2, 0.25) is 0 Å². The van der Waals surface area contributed by atoms with Gasteiger partial charge in [-0.15, -0.1) is 11.8 Å². The molecule has 8 heteroatoms. The Morgan fingerprint density at radius 3 is 2.44 bits per heavy atom. The maximum Gasteiger partial charge on any atom is 0.255 e. The molecular formula is C24H31N5O2S. The van der Waals surface area contributed by atoms with Crippen molar-refractivity contribution in [3.63, 3.8) is 0 Å². The maximum absolute atomic E-state index is 13.2.